The summed E-state index contributed by atoms with van der Waals surface area (Å²) in [5.41, 5.74) is 2.16. The van der Waals surface area contributed by atoms with Crippen molar-refractivity contribution in [3.8, 4) is 5.88 Å². The van der Waals surface area contributed by atoms with Gasteiger partial charge >= 0.3 is 0 Å². The molecule has 0 spiro atoms. The predicted octanol–water partition coefficient (Wildman–Crippen LogP) is 3.83. The molecule has 0 radical (unpaired) electrons. The van der Waals surface area contributed by atoms with Crippen molar-refractivity contribution in [2.75, 3.05) is 19.7 Å². The number of rotatable bonds is 9. The molecule has 148 valence electrons. The predicted molar refractivity (Wildman–Crippen MR) is 121 cm³/mol. The van der Waals surface area contributed by atoms with Crippen LogP contribution in [-0.4, -0.2) is 35.6 Å². The van der Waals surface area contributed by atoms with Gasteiger partial charge in [-0.25, -0.2) is 15.0 Å². The Balaban J connectivity index is 0.00000364. The van der Waals surface area contributed by atoms with Crippen molar-refractivity contribution in [2.45, 2.75) is 33.2 Å². The van der Waals surface area contributed by atoms with Gasteiger partial charge in [0.2, 0.25) is 5.88 Å². The fourth-order valence-corrected chi connectivity index (χ4v) is 2.30. The summed E-state index contributed by atoms with van der Waals surface area (Å²) in [6.45, 7) is 6.91. The zero-order valence-electron chi connectivity index (χ0n) is 15.7. The molecule has 0 saturated heterocycles. The number of halogens is 2. The highest BCUT2D eigenvalue weighted by Gasteiger charge is 2.00. The molecule has 0 aliphatic carbocycles. The van der Waals surface area contributed by atoms with Gasteiger partial charge in [-0.15, -0.1) is 24.0 Å². The second kappa shape index (κ2) is 13.5. The number of pyridine rings is 2. The van der Waals surface area contributed by atoms with E-state index in [0.717, 1.165) is 43.0 Å². The number of nitrogens with zero attached hydrogens (tertiary/aromatic N) is 3. The van der Waals surface area contributed by atoms with E-state index in [-0.39, 0.29) is 24.0 Å². The van der Waals surface area contributed by atoms with E-state index in [4.69, 9.17) is 16.3 Å². The van der Waals surface area contributed by atoms with Crippen LogP contribution in [0.15, 0.2) is 41.7 Å². The van der Waals surface area contributed by atoms with Gasteiger partial charge < -0.3 is 15.4 Å². The van der Waals surface area contributed by atoms with Crippen LogP contribution < -0.4 is 15.4 Å². The minimum absolute atomic E-state index is 0. The highest BCUT2D eigenvalue weighted by atomic mass is 127. The summed E-state index contributed by atoms with van der Waals surface area (Å²) in [5.74, 6) is 1.43. The number of aromatic nitrogens is 2. The lowest BCUT2D eigenvalue weighted by Crippen LogP contribution is -2.38. The van der Waals surface area contributed by atoms with Crippen molar-refractivity contribution in [1.82, 2.24) is 20.6 Å². The Morgan fingerprint density at radius 1 is 1.07 bits per heavy atom. The fourth-order valence-electron chi connectivity index (χ4n) is 2.19. The quantitative estimate of drug-likeness (QED) is 0.235. The Morgan fingerprint density at radius 3 is 2.48 bits per heavy atom. The van der Waals surface area contributed by atoms with Gasteiger partial charge in [0.05, 0.1) is 13.2 Å². The molecule has 2 aromatic heterocycles. The van der Waals surface area contributed by atoms with Crippen LogP contribution in [-0.2, 0) is 13.0 Å². The molecule has 0 amide bonds. The van der Waals surface area contributed by atoms with Gasteiger partial charge in [0, 0.05) is 31.5 Å². The third-order valence-corrected chi connectivity index (χ3v) is 3.73. The smallest absolute Gasteiger partial charge is 0.213 e. The van der Waals surface area contributed by atoms with E-state index in [1.807, 2.05) is 25.1 Å². The third-order valence-electron chi connectivity index (χ3n) is 3.51. The van der Waals surface area contributed by atoms with E-state index >= 15 is 0 Å². The summed E-state index contributed by atoms with van der Waals surface area (Å²) in [6, 6.07) is 7.66. The van der Waals surface area contributed by atoms with Gasteiger partial charge in [0.25, 0.3) is 0 Å². The van der Waals surface area contributed by atoms with Crippen molar-refractivity contribution in [1.29, 1.82) is 0 Å². The summed E-state index contributed by atoms with van der Waals surface area (Å²) in [5, 5.41) is 7.08. The van der Waals surface area contributed by atoms with Gasteiger partial charge in [-0.05, 0) is 37.0 Å². The minimum atomic E-state index is 0. The zero-order valence-corrected chi connectivity index (χ0v) is 18.8. The van der Waals surface area contributed by atoms with Gasteiger partial charge in [-0.1, -0.05) is 30.7 Å². The number of ether oxygens (including phenoxy) is 1. The molecular formula is C19H27ClIN5O. The van der Waals surface area contributed by atoms with Crippen molar-refractivity contribution in [3.05, 3.63) is 52.9 Å². The zero-order chi connectivity index (χ0) is 18.6. The number of aliphatic imine (C=N–C) groups is 1. The van der Waals surface area contributed by atoms with Crippen LogP contribution in [0.4, 0.5) is 0 Å². The Labute approximate surface area is 183 Å². The molecule has 2 heterocycles. The highest BCUT2D eigenvalue weighted by Crippen LogP contribution is 2.09. The van der Waals surface area contributed by atoms with Crippen LogP contribution in [0.5, 0.6) is 5.88 Å². The SMILES string of the molecule is CCCOc1ccc(CN=C(NCC)NCCc2ccc(Cl)nc2)cn1.I. The Hall–Kier alpha value is -1.61. The first-order valence-electron chi connectivity index (χ1n) is 8.91. The van der Waals surface area contributed by atoms with Crippen LogP contribution in [0.2, 0.25) is 5.15 Å². The second-order valence-electron chi connectivity index (χ2n) is 5.71. The summed E-state index contributed by atoms with van der Waals surface area (Å²) in [6.07, 6.45) is 5.41. The molecule has 0 aromatic carbocycles. The summed E-state index contributed by atoms with van der Waals surface area (Å²) >= 11 is 5.80. The second-order valence-corrected chi connectivity index (χ2v) is 6.10. The average molecular weight is 504 g/mol. The standard InChI is InChI=1S/C19H26ClN5O.HI/c1-3-11-26-18-8-6-16(13-24-18)14-25-19(21-4-2)22-10-9-15-5-7-17(20)23-12-15;/h5-8,12-13H,3-4,9-11,14H2,1-2H3,(H2,21,22,25);1H. The molecule has 2 rings (SSSR count). The normalized spacial score (nSPS) is 10.9. The largest absolute Gasteiger partial charge is 0.478 e. The lowest BCUT2D eigenvalue weighted by molar-refractivity contribution is 0.305. The van der Waals surface area contributed by atoms with Crippen LogP contribution >= 0.6 is 35.6 Å². The first kappa shape index (κ1) is 23.4. The maximum atomic E-state index is 5.80. The maximum Gasteiger partial charge on any atom is 0.213 e. The molecule has 0 bridgehead atoms. The molecule has 0 saturated carbocycles. The molecule has 27 heavy (non-hydrogen) atoms. The Bertz CT molecular complexity index is 680. The molecular weight excluding hydrogens is 477 g/mol. The minimum Gasteiger partial charge on any atom is -0.478 e. The van der Waals surface area contributed by atoms with Gasteiger partial charge in [-0.3, -0.25) is 0 Å². The topological polar surface area (TPSA) is 71.4 Å². The van der Waals surface area contributed by atoms with E-state index < -0.39 is 0 Å². The van der Waals surface area contributed by atoms with Crippen molar-refractivity contribution >= 4 is 41.5 Å². The Morgan fingerprint density at radius 2 is 1.85 bits per heavy atom. The van der Waals surface area contributed by atoms with Crippen LogP contribution in [0.3, 0.4) is 0 Å². The van der Waals surface area contributed by atoms with E-state index in [1.165, 1.54) is 0 Å². The number of nitrogens with one attached hydrogen (secondary N) is 2. The molecule has 6 nitrogen and oxygen atoms in total. The summed E-state index contributed by atoms with van der Waals surface area (Å²) in [4.78, 5) is 13.0. The highest BCUT2D eigenvalue weighted by molar-refractivity contribution is 14.0. The molecule has 0 atom stereocenters. The van der Waals surface area contributed by atoms with Crippen molar-refractivity contribution < 1.29 is 4.74 Å². The monoisotopic (exact) mass is 503 g/mol. The average Bonchev–Trinajstić information content (AvgIpc) is 2.67. The Kier molecular flexibility index (Phi) is 11.8. The number of hydrogen-bond acceptors (Lipinski definition) is 4. The van der Waals surface area contributed by atoms with Gasteiger partial charge in [0.1, 0.15) is 5.15 Å². The van der Waals surface area contributed by atoms with Crippen molar-refractivity contribution in [3.63, 3.8) is 0 Å². The molecule has 8 heteroatoms. The summed E-state index contributed by atoms with van der Waals surface area (Å²) in [7, 11) is 0. The van der Waals surface area contributed by atoms with E-state index in [9.17, 15) is 0 Å². The number of guanidine groups is 1. The lowest BCUT2D eigenvalue weighted by Gasteiger charge is -2.11. The third kappa shape index (κ3) is 9.23. The first-order chi connectivity index (χ1) is 12.7. The molecule has 2 N–H and O–H groups in total. The van der Waals surface area contributed by atoms with Crippen molar-refractivity contribution in [2.24, 2.45) is 4.99 Å². The van der Waals surface area contributed by atoms with Gasteiger partial charge in [-0.2, -0.15) is 0 Å². The molecule has 0 unspecified atom stereocenters. The van der Waals surface area contributed by atoms with E-state index in [1.54, 1.807) is 18.5 Å². The molecule has 0 fully saturated rings. The number of hydrogen-bond donors (Lipinski definition) is 2. The first-order valence-corrected chi connectivity index (χ1v) is 9.29. The van der Waals surface area contributed by atoms with Crippen LogP contribution in [0.25, 0.3) is 0 Å². The van der Waals surface area contributed by atoms with E-state index in [2.05, 4.69) is 32.5 Å². The van der Waals surface area contributed by atoms with Crippen LogP contribution in [0, 0.1) is 0 Å². The fraction of sp³-hybridized carbons (Fsp3) is 0.421. The summed E-state index contributed by atoms with van der Waals surface area (Å²) < 4.78 is 5.49. The molecule has 0 aliphatic heterocycles. The van der Waals surface area contributed by atoms with Gasteiger partial charge in [0.15, 0.2) is 5.96 Å². The van der Waals surface area contributed by atoms with Crippen LogP contribution in [0.1, 0.15) is 31.4 Å². The maximum absolute atomic E-state index is 5.80. The lowest BCUT2D eigenvalue weighted by atomic mass is 10.2. The molecule has 0 aliphatic rings. The molecule has 2 aromatic rings. The van der Waals surface area contributed by atoms with E-state index in [0.29, 0.717) is 24.2 Å².